The molecule has 0 bridgehead atoms. The van der Waals surface area contributed by atoms with Crippen molar-refractivity contribution in [2.45, 2.75) is 6.04 Å². The molecule has 0 aromatic rings. The second-order valence-electron chi connectivity index (χ2n) is 4.55. The molecule has 8 heteroatoms. The van der Waals surface area contributed by atoms with Gasteiger partial charge in [-0.3, -0.25) is 19.8 Å². The number of carbonyl (C=O) groups excluding carboxylic acids is 3. The number of urea groups is 1. The largest absolute Gasteiger partial charge is 0.347 e. The van der Waals surface area contributed by atoms with Crippen molar-refractivity contribution in [1.29, 1.82) is 0 Å². The first-order valence-electron chi connectivity index (χ1n) is 6.13. The molecule has 0 aliphatic carbocycles. The Labute approximate surface area is 112 Å². The van der Waals surface area contributed by atoms with Gasteiger partial charge in [0.15, 0.2) is 0 Å². The molecule has 19 heavy (non-hydrogen) atoms. The molecule has 0 radical (unpaired) electrons. The van der Waals surface area contributed by atoms with Crippen LogP contribution in [0.25, 0.3) is 0 Å². The molecule has 1 atom stereocenters. The second kappa shape index (κ2) is 7.05. The fourth-order valence-electron chi connectivity index (χ4n) is 1.89. The first-order chi connectivity index (χ1) is 8.95. The summed E-state index contributed by atoms with van der Waals surface area (Å²) >= 11 is 0. The molecule has 0 spiro atoms. The molecule has 3 N–H and O–H groups in total. The van der Waals surface area contributed by atoms with E-state index in [4.69, 9.17) is 0 Å². The van der Waals surface area contributed by atoms with Crippen molar-refractivity contribution in [1.82, 2.24) is 25.8 Å². The summed E-state index contributed by atoms with van der Waals surface area (Å²) in [5.74, 6) is -0.474. The molecule has 1 aliphatic heterocycles. The van der Waals surface area contributed by atoms with E-state index >= 15 is 0 Å². The van der Waals surface area contributed by atoms with E-state index in [1.807, 2.05) is 0 Å². The quantitative estimate of drug-likeness (QED) is 0.542. The van der Waals surface area contributed by atoms with Crippen molar-refractivity contribution in [2.24, 2.45) is 0 Å². The number of likely N-dealkylation sites (N-methyl/N-ethyl adjacent to an activating group) is 1. The summed E-state index contributed by atoms with van der Waals surface area (Å²) in [6.07, 6.45) is 0. The number of rotatable bonds is 3. The third-order valence-corrected chi connectivity index (χ3v) is 2.91. The van der Waals surface area contributed by atoms with Crippen LogP contribution in [0.1, 0.15) is 0 Å². The maximum absolute atomic E-state index is 12.0. The van der Waals surface area contributed by atoms with E-state index < -0.39 is 11.9 Å². The number of hydrogen-bond acceptors (Lipinski definition) is 5. The van der Waals surface area contributed by atoms with Crippen molar-refractivity contribution in [2.75, 3.05) is 47.3 Å². The molecule has 1 saturated heterocycles. The molecule has 1 unspecified atom stereocenters. The monoisotopic (exact) mass is 271 g/mol. The number of imide groups is 1. The van der Waals surface area contributed by atoms with E-state index in [0.29, 0.717) is 19.6 Å². The minimum atomic E-state index is -0.546. The first kappa shape index (κ1) is 15.4. The zero-order valence-electron chi connectivity index (χ0n) is 11.5. The van der Waals surface area contributed by atoms with E-state index in [-0.39, 0.29) is 18.5 Å². The number of piperazine rings is 1. The predicted molar refractivity (Wildman–Crippen MR) is 69.5 cm³/mol. The third-order valence-electron chi connectivity index (χ3n) is 2.91. The Morgan fingerprint density at radius 1 is 1.37 bits per heavy atom. The van der Waals surface area contributed by atoms with Crippen LogP contribution in [-0.4, -0.2) is 81.0 Å². The van der Waals surface area contributed by atoms with Crippen LogP contribution < -0.4 is 16.0 Å². The Balaban J connectivity index is 2.60. The summed E-state index contributed by atoms with van der Waals surface area (Å²) in [5, 5.41) is 7.62. The third kappa shape index (κ3) is 4.49. The maximum Gasteiger partial charge on any atom is 0.321 e. The summed E-state index contributed by atoms with van der Waals surface area (Å²) in [6, 6.07) is -0.921. The zero-order chi connectivity index (χ0) is 14.4. The molecule has 0 aromatic heterocycles. The fourth-order valence-corrected chi connectivity index (χ4v) is 1.89. The molecule has 1 rings (SSSR count). The SMILES string of the molecule is CNC(=O)NC(=O)CN1CCNCC1C(=O)N(C)C. The molecule has 1 fully saturated rings. The van der Waals surface area contributed by atoms with Crippen molar-refractivity contribution >= 4 is 17.8 Å². The normalized spacial score (nSPS) is 19.6. The highest BCUT2D eigenvalue weighted by molar-refractivity contribution is 5.95. The Bertz CT molecular complexity index is 358. The van der Waals surface area contributed by atoms with Gasteiger partial charge in [-0.1, -0.05) is 0 Å². The molecule has 0 aromatic carbocycles. The predicted octanol–water partition coefficient (Wildman–Crippen LogP) is -2.20. The van der Waals surface area contributed by atoms with Gasteiger partial charge in [0.05, 0.1) is 6.54 Å². The molecule has 1 heterocycles. The average Bonchev–Trinajstić information content (AvgIpc) is 2.38. The van der Waals surface area contributed by atoms with E-state index in [1.165, 1.54) is 11.9 Å². The van der Waals surface area contributed by atoms with Gasteiger partial charge in [-0.15, -0.1) is 0 Å². The van der Waals surface area contributed by atoms with Crippen LogP contribution in [0.5, 0.6) is 0 Å². The summed E-state index contributed by atoms with van der Waals surface area (Å²) in [6.45, 7) is 1.83. The smallest absolute Gasteiger partial charge is 0.321 e. The van der Waals surface area contributed by atoms with Crippen LogP contribution >= 0.6 is 0 Å². The summed E-state index contributed by atoms with van der Waals surface area (Å²) in [5.41, 5.74) is 0. The maximum atomic E-state index is 12.0. The number of amides is 4. The Kier molecular flexibility index (Phi) is 5.71. The highest BCUT2D eigenvalue weighted by Gasteiger charge is 2.30. The highest BCUT2D eigenvalue weighted by atomic mass is 16.2. The molecular formula is C11H21N5O3. The van der Waals surface area contributed by atoms with Gasteiger partial charge in [0.2, 0.25) is 11.8 Å². The lowest BCUT2D eigenvalue weighted by Gasteiger charge is -2.35. The van der Waals surface area contributed by atoms with Gasteiger partial charge in [-0.2, -0.15) is 0 Å². The molecule has 108 valence electrons. The minimum Gasteiger partial charge on any atom is -0.347 e. The van der Waals surface area contributed by atoms with E-state index in [1.54, 1.807) is 19.0 Å². The van der Waals surface area contributed by atoms with Gasteiger partial charge < -0.3 is 15.5 Å². The minimum absolute atomic E-state index is 0.0271. The topological polar surface area (TPSA) is 93.8 Å². The lowest BCUT2D eigenvalue weighted by atomic mass is 10.1. The number of carbonyl (C=O) groups is 3. The zero-order valence-corrected chi connectivity index (χ0v) is 11.5. The Morgan fingerprint density at radius 3 is 2.63 bits per heavy atom. The van der Waals surface area contributed by atoms with Crippen molar-refractivity contribution in [3.8, 4) is 0 Å². The van der Waals surface area contributed by atoms with Gasteiger partial charge in [-0.05, 0) is 0 Å². The molecular weight excluding hydrogens is 250 g/mol. The van der Waals surface area contributed by atoms with Crippen LogP contribution in [0.3, 0.4) is 0 Å². The highest BCUT2D eigenvalue weighted by Crippen LogP contribution is 2.05. The Morgan fingerprint density at radius 2 is 2.05 bits per heavy atom. The van der Waals surface area contributed by atoms with E-state index in [0.717, 1.165) is 0 Å². The van der Waals surface area contributed by atoms with E-state index in [9.17, 15) is 14.4 Å². The van der Waals surface area contributed by atoms with Crippen molar-refractivity contribution in [3.63, 3.8) is 0 Å². The van der Waals surface area contributed by atoms with Gasteiger partial charge in [0.25, 0.3) is 0 Å². The molecule has 1 aliphatic rings. The van der Waals surface area contributed by atoms with Gasteiger partial charge in [-0.25, -0.2) is 4.79 Å². The van der Waals surface area contributed by atoms with Gasteiger partial charge >= 0.3 is 6.03 Å². The number of nitrogens with zero attached hydrogens (tertiary/aromatic N) is 2. The van der Waals surface area contributed by atoms with Gasteiger partial charge in [0, 0.05) is 40.8 Å². The van der Waals surface area contributed by atoms with Crippen LogP contribution in [0.4, 0.5) is 4.79 Å². The standard InChI is InChI=1S/C11H21N5O3/c1-12-11(19)14-9(17)7-16-5-4-13-6-8(16)10(18)15(2)3/h8,13H,4-7H2,1-3H3,(H2,12,14,17,19). The number of nitrogens with one attached hydrogen (secondary N) is 3. The van der Waals surface area contributed by atoms with Crippen LogP contribution in [0.15, 0.2) is 0 Å². The number of hydrogen-bond donors (Lipinski definition) is 3. The van der Waals surface area contributed by atoms with Crippen LogP contribution in [0.2, 0.25) is 0 Å². The Hall–Kier alpha value is -1.67. The first-order valence-corrected chi connectivity index (χ1v) is 6.13. The lowest BCUT2D eigenvalue weighted by molar-refractivity contribution is -0.136. The molecule has 4 amide bonds. The van der Waals surface area contributed by atoms with Crippen LogP contribution in [-0.2, 0) is 9.59 Å². The van der Waals surface area contributed by atoms with Crippen molar-refractivity contribution < 1.29 is 14.4 Å². The van der Waals surface area contributed by atoms with Gasteiger partial charge in [0.1, 0.15) is 6.04 Å². The second-order valence-corrected chi connectivity index (χ2v) is 4.55. The van der Waals surface area contributed by atoms with Crippen molar-refractivity contribution in [3.05, 3.63) is 0 Å². The van der Waals surface area contributed by atoms with Crippen LogP contribution in [0, 0.1) is 0 Å². The summed E-state index contributed by atoms with van der Waals surface area (Å²) in [7, 11) is 4.80. The molecule has 8 nitrogen and oxygen atoms in total. The lowest BCUT2D eigenvalue weighted by Crippen LogP contribution is -2.59. The summed E-state index contributed by atoms with van der Waals surface area (Å²) < 4.78 is 0. The average molecular weight is 271 g/mol. The molecule has 0 saturated carbocycles. The van der Waals surface area contributed by atoms with E-state index in [2.05, 4.69) is 16.0 Å². The summed E-state index contributed by atoms with van der Waals surface area (Å²) in [4.78, 5) is 38.0. The fraction of sp³-hybridized carbons (Fsp3) is 0.727.